The van der Waals surface area contributed by atoms with Gasteiger partial charge in [0, 0.05) is 31.4 Å². The summed E-state index contributed by atoms with van der Waals surface area (Å²) in [5.41, 5.74) is 6.14. The van der Waals surface area contributed by atoms with E-state index >= 15 is 0 Å². The van der Waals surface area contributed by atoms with Gasteiger partial charge in [0.1, 0.15) is 0 Å². The van der Waals surface area contributed by atoms with E-state index in [9.17, 15) is 4.79 Å². The Labute approximate surface area is 175 Å². The van der Waals surface area contributed by atoms with Crippen molar-refractivity contribution < 1.29 is 9.21 Å². The molecule has 6 nitrogen and oxygen atoms in total. The van der Waals surface area contributed by atoms with E-state index in [-0.39, 0.29) is 5.91 Å². The number of benzene rings is 2. The summed E-state index contributed by atoms with van der Waals surface area (Å²) in [7, 11) is 0. The third kappa shape index (κ3) is 4.60. The fraction of sp³-hybridized carbons (Fsp3) is 0.167. The van der Waals surface area contributed by atoms with Gasteiger partial charge in [0.2, 0.25) is 17.7 Å². The fourth-order valence-electron chi connectivity index (χ4n) is 3.23. The first-order chi connectivity index (χ1) is 14.6. The highest BCUT2D eigenvalue weighted by Gasteiger charge is 2.10. The van der Waals surface area contributed by atoms with Gasteiger partial charge in [-0.3, -0.25) is 9.78 Å². The van der Waals surface area contributed by atoms with Crippen molar-refractivity contribution in [2.75, 3.05) is 0 Å². The molecule has 6 heteroatoms. The van der Waals surface area contributed by atoms with E-state index in [0.717, 1.165) is 33.4 Å². The Kier molecular flexibility index (Phi) is 5.66. The molecule has 2 aromatic heterocycles. The van der Waals surface area contributed by atoms with Gasteiger partial charge in [0.15, 0.2) is 0 Å². The molecular weight excluding hydrogens is 376 g/mol. The van der Waals surface area contributed by atoms with E-state index in [2.05, 4.69) is 33.5 Å². The van der Waals surface area contributed by atoms with Crippen LogP contribution in [0.1, 0.15) is 22.6 Å². The largest absolute Gasteiger partial charge is 0.421 e. The number of nitrogens with zero attached hydrogens (tertiary/aromatic N) is 3. The van der Waals surface area contributed by atoms with Crippen LogP contribution in [0.4, 0.5) is 0 Å². The zero-order valence-corrected chi connectivity index (χ0v) is 16.9. The van der Waals surface area contributed by atoms with Gasteiger partial charge in [0.05, 0.1) is 6.42 Å². The van der Waals surface area contributed by atoms with Gasteiger partial charge in [-0.1, -0.05) is 36.4 Å². The van der Waals surface area contributed by atoms with E-state index in [1.54, 1.807) is 19.3 Å². The second-order valence-corrected chi connectivity index (χ2v) is 7.17. The first-order valence-electron chi connectivity index (χ1n) is 9.74. The van der Waals surface area contributed by atoms with Crippen LogP contribution in [0, 0.1) is 13.8 Å². The Balaban J connectivity index is 1.45. The highest BCUT2D eigenvalue weighted by molar-refractivity contribution is 5.79. The summed E-state index contributed by atoms with van der Waals surface area (Å²) >= 11 is 0. The Morgan fingerprint density at radius 2 is 1.77 bits per heavy atom. The average Bonchev–Trinajstić information content (AvgIpc) is 3.20. The van der Waals surface area contributed by atoms with Crippen LogP contribution >= 0.6 is 0 Å². The lowest BCUT2D eigenvalue weighted by atomic mass is 9.96. The molecule has 4 aromatic rings. The van der Waals surface area contributed by atoms with E-state index in [1.165, 1.54) is 0 Å². The Bertz CT molecular complexity index is 1150. The van der Waals surface area contributed by atoms with Crippen LogP contribution < -0.4 is 5.32 Å². The predicted molar refractivity (Wildman–Crippen MR) is 114 cm³/mol. The van der Waals surface area contributed by atoms with Crippen molar-refractivity contribution in [1.82, 2.24) is 20.5 Å². The maximum absolute atomic E-state index is 12.2. The average molecular weight is 398 g/mol. The molecule has 150 valence electrons. The van der Waals surface area contributed by atoms with Gasteiger partial charge in [-0.25, -0.2) is 0 Å². The van der Waals surface area contributed by atoms with Crippen LogP contribution in [0.3, 0.4) is 0 Å². The standard InChI is InChI=1S/C24H22N4O2/c1-16-5-8-21(24-28-27-17(2)30-24)13-22(16)20-9-6-18(7-10-20)12-23(29)26-15-19-4-3-11-25-14-19/h3-11,13-14H,12,15H2,1-2H3,(H,26,29). The summed E-state index contributed by atoms with van der Waals surface area (Å²) in [6.45, 7) is 4.32. The molecule has 0 atom stereocenters. The van der Waals surface area contributed by atoms with E-state index in [1.807, 2.05) is 48.5 Å². The Morgan fingerprint density at radius 1 is 0.967 bits per heavy atom. The first-order valence-corrected chi connectivity index (χ1v) is 9.74. The summed E-state index contributed by atoms with van der Waals surface area (Å²) in [5.74, 6) is 1.03. The van der Waals surface area contributed by atoms with Gasteiger partial charge in [-0.2, -0.15) is 0 Å². The minimum Gasteiger partial charge on any atom is -0.421 e. The molecule has 0 saturated carbocycles. The summed E-state index contributed by atoms with van der Waals surface area (Å²) < 4.78 is 5.55. The maximum Gasteiger partial charge on any atom is 0.247 e. The predicted octanol–water partition coefficient (Wildman–Crippen LogP) is 4.27. The van der Waals surface area contributed by atoms with Crippen molar-refractivity contribution in [3.8, 4) is 22.6 Å². The second kappa shape index (κ2) is 8.69. The molecule has 0 spiro atoms. The molecule has 2 aromatic carbocycles. The lowest BCUT2D eigenvalue weighted by molar-refractivity contribution is -0.120. The lowest BCUT2D eigenvalue weighted by Gasteiger charge is -2.09. The van der Waals surface area contributed by atoms with Crippen LogP contribution in [0.5, 0.6) is 0 Å². The summed E-state index contributed by atoms with van der Waals surface area (Å²) in [6, 6.07) is 17.9. The number of carbonyl (C=O) groups is 1. The van der Waals surface area contributed by atoms with E-state index in [0.29, 0.717) is 24.7 Å². The molecule has 0 unspecified atom stereocenters. The SMILES string of the molecule is Cc1nnc(-c2ccc(C)c(-c3ccc(CC(=O)NCc4cccnc4)cc3)c2)o1. The van der Waals surface area contributed by atoms with Gasteiger partial charge < -0.3 is 9.73 Å². The monoisotopic (exact) mass is 398 g/mol. The molecule has 1 amide bonds. The Morgan fingerprint density at radius 3 is 2.47 bits per heavy atom. The number of aryl methyl sites for hydroxylation is 2. The molecular formula is C24H22N4O2. The highest BCUT2D eigenvalue weighted by atomic mass is 16.4. The minimum absolute atomic E-state index is 0.0171. The molecule has 0 aliphatic carbocycles. The lowest BCUT2D eigenvalue weighted by Crippen LogP contribution is -2.24. The Hall–Kier alpha value is -3.80. The maximum atomic E-state index is 12.2. The van der Waals surface area contributed by atoms with Gasteiger partial charge in [0.25, 0.3) is 0 Å². The molecule has 30 heavy (non-hydrogen) atoms. The second-order valence-electron chi connectivity index (χ2n) is 7.17. The molecule has 0 aliphatic heterocycles. The number of pyridine rings is 1. The van der Waals surface area contributed by atoms with Gasteiger partial charge in [-0.15, -0.1) is 10.2 Å². The number of hydrogen-bond donors (Lipinski definition) is 1. The van der Waals surface area contributed by atoms with Crippen molar-refractivity contribution in [3.05, 3.63) is 89.6 Å². The molecule has 2 heterocycles. The van der Waals surface area contributed by atoms with Crippen molar-refractivity contribution >= 4 is 5.91 Å². The topological polar surface area (TPSA) is 80.9 Å². The van der Waals surface area contributed by atoms with Crippen LogP contribution in [0.25, 0.3) is 22.6 Å². The molecule has 0 aliphatic rings. The molecule has 0 fully saturated rings. The zero-order valence-electron chi connectivity index (χ0n) is 16.9. The summed E-state index contributed by atoms with van der Waals surface area (Å²) in [4.78, 5) is 16.3. The third-order valence-corrected chi connectivity index (χ3v) is 4.85. The molecule has 0 saturated heterocycles. The molecule has 0 radical (unpaired) electrons. The number of carbonyl (C=O) groups excluding carboxylic acids is 1. The van der Waals surface area contributed by atoms with Crippen molar-refractivity contribution in [1.29, 1.82) is 0 Å². The summed E-state index contributed by atoms with van der Waals surface area (Å²) in [6.07, 6.45) is 3.80. The molecule has 1 N–H and O–H groups in total. The normalized spacial score (nSPS) is 10.7. The van der Waals surface area contributed by atoms with Crippen molar-refractivity contribution in [3.63, 3.8) is 0 Å². The van der Waals surface area contributed by atoms with Crippen LogP contribution in [0.15, 0.2) is 71.4 Å². The first kappa shape index (κ1) is 19.5. The number of rotatable bonds is 6. The fourth-order valence-corrected chi connectivity index (χ4v) is 3.23. The van der Waals surface area contributed by atoms with E-state index in [4.69, 9.17) is 4.42 Å². The molecule has 4 rings (SSSR count). The van der Waals surface area contributed by atoms with Gasteiger partial charge in [-0.05, 0) is 52.9 Å². The smallest absolute Gasteiger partial charge is 0.247 e. The van der Waals surface area contributed by atoms with E-state index < -0.39 is 0 Å². The number of nitrogens with one attached hydrogen (secondary N) is 1. The van der Waals surface area contributed by atoms with Crippen molar-refractivity contribution in [2.45, 2.75) is 26.8 Å². The molecule has 0 bridgehead atoms. The number of aromatic nitrogens is 3. The minimum atomic E-state index is -0.0171. The van der Waals surface area contributed by atoms with Gasteiger partial charge >= 0.3 is 0 Å². The van der Waals surface area contributed by atoms with Crippen LogP contribution in [-0.4, -0.2) is 21.1 Å². The third-order valence-electron chi connectivity index (χ3n) is 4.85. The van der Waals surface area contributed by atoms with Crippen LogP contribution in [0.2, 0.25) is 0 Å². The summed E-state index contributed by atoms with van der Waals surface area (Å²) in [5, 5.41) is 10.9. The highest BCUT2D eigenvalue weighted by Crippen LogP contribution is 2.29. The van der Waals surface area contributed by atoms with Crippen molar-refractivity contribution in [2.24, 2.45) is 0 Å². The zero-order chi connectivity index (χ0) is 20.9. The number of amides is 1. The number of hydrogen-bond acceptors (Lipinski definition) is 5. The van der Waals surface area contributed by atoms with Crippen LogP contribution in [-0.2, 0) is 17.8 Å². The quantitative estimate of drug-likeness (QED) is 0.524.